The number of halogens is 2. The average Bonchev–Trinajstić information content (AvgIpc) is 3.70. The topological polar surface area (TPSA) is 148 Å². The van der Waals surface area contributed by atoms with Gasteiger partial charge in [0.2, 0.25) is 0 Å². The summed E-state index contributed by atoms with van der Waals surface area (Å²) < 4.78 is 8.05. The first-order chi connectivity index (χ1) is 23.3. The van der Waals surface area contributed by atoms with Crippen LogP contribution in [0.15, 0.2) is 119 Å². The van der Waals surface area contributed by atoms with Crippen molar-refractivity contribution in [3.8, 4) is 0 Å². The van der Waals surface area contributed by atoms with Crippen LogP contribution in [-0.2, 0) is 25.9 Å². The van der Waals surface area contributed by atoms with E-state index in [1.807, 2.05) is 84.9 Å². The zero-order chi connectivity index (χ0) is 33.9. The van der Waals surface area contributed by atoms with Gasteiger partial charge in [-0.15, -0.1) is 0 Å². The Kier molecular flexibility index (Phi) is 12.8. The van der Waals surface area contributed by atoms with Gasteiger partial charge in [0.15, 0.2) is 0 Å². The molecule has 0 bridgehead atoms. The Bertz CT molecular complexity index is 1850. The molecule has 12 nitrogen and oxygen atoms in total. The fourth-order valence-corrected chi connectivity index (χ4v) is 9.63. The van der Waals surface area contributed by atoms with Crippen molar-refractivity contribution in [2.45, 2.75) is 25.9 Å². The van der Waals surface area contributed by atoms with Crippen LogP contribution in [0.3, 0.4) is 0 Å². The molecule has 0 N–H and O–H groups in total. The molecule has 6 rings (SSSR count). The zero-order valence-electron chi connectivity index (χ0n) is 25.0. The van der Waals surface area contributed by atoms with Crippen LogP contribution >= 0.6 is 31.9 Å². The molecule has 0 spiro atoms. The van der Waals surface area contributed by atoms with Crippen molar-refractivity contribution < 1.29 is 9.85 Å². The van der Waals surface area contributed by atoms with Gasteiger partial charge < -0.3 is 0 Å². The van der Waals surface area contributed by atoms with E-state index >= 15 is 0 Å². The molecule has 6 aromatic rings. The molecule has 2 aromatic carbocycles. The van der Waals surface area contributed by atoms with Gasteiger partial charge in [-0.3, -0.25) is 0 Å². The number of rotatable bonds is 12. The van der Waals surface area contributed by atoms with E-state index in [9.17, 15) is 20.2 Å². The summed E-state index contributed by atoms with van der Waals surface area (Å²) >= 11 is 6.30. The Balaban J connectivity index is 0.000000188. The number of aromatic nitrogens is 6. The molecule has 0 atom stereocenters. The van der Waals surface area contributed by atoms with Crippen molar-refractivity contribution in [2.75, 3.05) is 0 Å². The van der Waals surface area contributed by atoms with Crippen LogP contribution in [-0.4, -0.2) is 69.3 Å². The molecule has 0 aliphatic rings. The number of hydrogen-bond acceptors (Lipinski definition) is 8. The Morgan fingerprint density at radius 1 is 0.604 bits per heavy atom. The first-order valence-corrected chi connectivity index (χ1v) is 19.4. The van der Waals surface area contributed by atoms with E-state index in [4.69, 9.17) is 0 Å². The summed E-state index contributed by atoms with van der Waals surface area (Å²) in [6, 6.07) is 27.5. The van der Waals surface area contributed by atoms with Crippen LogP contribution in [0.25, 0.3) is 0 Å². The van der Waals surface area contributed by atoms with E-state index in [0.717, 1.165) is 31.0 Å². The molecule has 48 heavy (non-hydrogen) atoms. The van der Waals surface area contributed by atoms with E-state index in [0.29, 0.717) is 22.3 Å². The van der Waals surface area contributed by atoms with Crippen molar-refractivity contribution in [2.24, 2.45) is 0 Å². The van der Waals surface area contributed by atoms with Crippen molar-refractivity contribution in [1.29, 1.82) is 0 Å². The summed E-state index contributed by atoms with van der Waals surface area (Å²) in [5.41, 5.74) is 2.46. The minimum atomic E-state index is -0.375. The van der Waals surface area contributed by atoms with Crippen molar-refractivity contribution in [3.63, 3.8) is 0 Å². The zero-order valence-corrected chi connectivity index (χ0v) is 31.6. The molecule has 0 amide bonds. The first-order valence-electron chi connectivity index (χ1n) is 14.3. The van der Waals surface area contributed by atoms with Crippen LogP contribution < -0.4 is 18.4 Å². The maximum atomic E-state index is 11.3. The van der Waals surface area contributed by atoms with E-state index in [1.54, 1.807) is 21.8 Å². The van der Waals surface area contributed by atoms with Gasteiger partial charge in [-0.1, -0.05) is 0 Å². The molecule has 0 aliphatic carbocycles. The summed E-state index contributed by atoms with van der Waals surface area (Å²) in [5, 5.41) is 31.1. The Morgan fingerprint density at radius 3 is 1.35 bits per heavy atom. The SMILES string of the molecule is O=[N+]([O-])c1cnn(CCc2ccccc2)c1[Se]c1ncccc1Br.O=[N+]([O-])c1cnn(CCc2ccccc2)c1[Se]c1ncccc1Br. The standard InChI is InChI=1S/2C16H13BrN4O2Se/c2*17-13-7-4-9-18-15(13)24-16-14(21(22)23)11-19-20(16)10-8-12-5-2-1-3-6-12/h2*1-7,9,11H,8,10H2. The maximum absolute atomic E-state index is 11.3. The number of aryl methyl sites for hydroxylation is 4. The van der Waals surface area contributed by atoms with Gasteiger partial charge in [0.1, 0.15) is 0 Å². The predicted molar refractivity (Wildman–Crippen MR) is 192 cm³/mol. The number of nitrogens with zero attached hydrogens (tertiary/aromatic N) is 8. The Hall–Kier alpha value is -4.04. The second-order valence-corrected chi connectivity index (χ2v) is 15.7. The number of pyridine rings is 2. The van der Waals surface area contributed by atoms with Gasteiger partial charge in [0.25, 0.3) is 0 Å². The third-order valence-corrected chi connectivity index (χ3v) is 13.9. The van der Waals surface area contributed by atoms with Gasteiger partial charge >= 0.3 is 307 Å². The van der Waals surface area contributed by atoms with Crippen LogP contribution in [0.4, 0.5) is 11.4 Å². The summed E-state index contributed by atoms with van der Waals surface area (Å²) in [5.74, 6) is 0. The second kappa shape index (κ2) is 17.4. The van der Waals surface area contributed by atoms with Crippen molar-refractivity contribution in [3.05, 3.63) is 150 Å². The van der Waals surface area contributed by atoms with Gasteiger partial charge in [-0.2, -0.15) is 0 Å². The first kappa shape index (κ1) is 35.3. The second-order valence-electron chi connectivity index (χ2n) is 9.89. The van der Waals surface area contributed by atoms with Crippen molar-refractivity contribution in [1.82, 2.24) is 29.5 Å². The molecule has 0 fully saturated rings. The minimum absolute atomic E-state index is 0.0561. The molecular formula is C32H26Br2N8O4Se2. The van der Waals surface area contributed by atoms with E-state index < -0.39 is 0 Å². The monoisotopic (exact) mass is 904 g/mol. The molecule has 0 aliphatic heterocycles. The molecule has 244 valence electrons. The fourth-order valence-electron chi connectivity index (χ4n) is 4.34. The van der Waals surface area contributed by atoms with Crippen molar-refractivity contribution >= 4 is 91.5 Å². The molecule has 0 saturated carbocycles. The molecule has 0 saturated heterocycles. The molecule has 0 unspecified atom stereocenters. The number of hydrogen-bond donors (Lipinski definition) is 0. The van der Waals surface area contributed by atoms with Gasteiger partial charge in [0.05, 0.1) is 0 Å². The van der Waals surface area contributed by atoms with Crippen LogP contribution in [0.1, 0.15) is 11.1 Å². The molecule has 4 aromatic heterocycles. The van der Waals surface area contributed by atoms with Gasteiger partial charge in [0, 0.05) is 0 Å². The number of benzene rings is 2. The van der Waals surface area contributed by atoms with E-state index in [2.05, 4.69) is 52.0 Å². The Labute approximate surface area is 304 Å². The summed E-state index contributed by atoms with van der Waals surface area (Å²) in [6.45, 7) is 1.19. The average molecular weight is 904 g/mol. The quantitative estimate of drug-likeness (QED) is 0.103. The van der Waals surface area contributed by atoms with Gasteiger partial charge in [-0.05, 0) is 0 Å². The third kappa shape index (κ3) is 9.53. The van der Waals surface area contributed by atoms with Crippen LogP contribution in [0.2, 0.25) is 0 Å². The van der Waals surface area contributed by atoms with E-state index in [1.165, 1.54) is 23.5 Å². The molecule has 0 radical (unpaired) electrons. The molecule has 4 heterocycles. The normalized spacial score (nSPS) is 10.7. The predicted octanol–water partition coefficient (Wildman–Crippen LogP) is 3.69. The third-order valence-electron chi connectivity index (χ3n) is 6.69. The molecular weight excluding hydrogens is 878 g/mol. The van der Waals surface area contributed by atoms with Gasteiger partial charge in [-0.25, -0.2) is 0 Å². The molecule has 16 heteroatoms. The fraction of sp³-hybridized carbons (Fsp3) is 0.125. The van der Waals surface area contributed by atoms with Crippen LogP contribution in [0, 0.1) is 20.2 Å². The summed E-state index contributed by atoms with van der Waals surface area (Å²) in [4.78, 5) is 30.5. The summed E-state index contributed by atoms with van der Waals surface area (Å²) in [6.07, 6.45) is 7.59. The number of nitro groups is 2. The van der Waals surface area contributed by atoms with E-state index in [-0.39, 0.29) is 51.1 Å². The summed E-state index contributed by atoms with van der Waals surface area (Å²) in [7, 11) is 0. The Morgan fingerprint density at radius 2 is 1.00 bits per heavy atom. The van der Waals surface area contributed by atoms with Crippen LogP contribution in [0.5, 0.6) is 0 Å².